The van der Waals surface area contributed by atoms with E-state index in [1.54, 1.807) is 0 Å². The maximum atomic E-state index is 5.86. The van der Waals surface area contributed by atoms with Gasteiger partial charge in [-0.3, -0.25) is 0 Å². The van der Waals surface area contributed by atoms with Gasteiger partial charge in [0, 0.05) is 22.9 Å². The van der Waals surface area contributed by atoms with E-state index in [1.807, 2.05) is 0 Å². The van der Waals surface area contributed by atoms with E-state index in [-0.39, 0.29) is 0 Å². The molecule has 2 nitrogen and oxygen atoms in total. The SMILES string of the molecule is CC(C)NCC1CC12c1ccccc1OCC2C. The van der Waals surface area contributed by atoms with Crippen molar-refractivity contribution in [2.75, 3.05) is 13.2 Å². The van der Waals surface area contributed by atoms with Crippen LogP contribution >= 0.6 is 0 Å². The van der Waals surface area contributed by atoms with Crippen LogP contribution in [-0.2, 0) is 5.41 Å². The van der Waals surface area contributed by atoms with Crippen molar-refractivity contribution in [2.45, 2.75) is 38.6 Å². The minimum atomic E-state index is 0.386. The van der Waals surface area contributed by atoms with Crippen LogP contribution in [0.25, 0.3) is 0 Å². The Morgan fingerprint density at radius 3 is 2.94 bits per heavy atom. The first-order chi connectivity index (χ1) is 8.64. The van der Waals surface area contributed by atoms with Crippen LogP contribution in [0, 0.1) is 11.8 Å². The van der Waals surface area contributed by atoms with Crippen LogP contribution in [0.2, 0.25) is 0 Å². The summed E-state index contributed by atoms with van der Waals surface area (Å²) in [6.45, 7) is 8.78. The van der Waals surface area contributed by atoms with Gasteiger partial charge in [-0.15, -0.1) is 0 Å². The first kappa shape index (κ1) is 12.0. The summed E-state index contributed by atoms with van der Waals surface area (Å²) < 4.78 is 5.86. The predicted octanol–water partition coefficient (Wildman–Crippen LogP) is 2.97. The van der Waals surface area contributed by atoms with Gasteiger partial charge in [0.15, 0.2) is 0 Å². The van der Waals surface area contributed by atoms with E-state index < -0.39 is 0 Å². The van der Waals surface area contributed by atoms with Crippen LogP contribution < -0.4 is 10.1 Å². The Morgan fingerprint density at radius 1 is 1.39 bits per heavy atom. The summed E-state index contributed by atoms with van der Waals surface area (Å²) >= 11 is 0. The molecular formula is C16H23NO. The van der Waals surface area contributed by atoms with Gasteiger partial charge in [0.2, 0.25) is 0 Å². The number of hydrogen-bond donors (Lipinski definition) is 1. The molecule has 1 aromatic rings. The van der Waals surface area contributed by atoms with Gasteiger partial charge in [-0.1, -0.05) is 39.0 Å². The van der Waals surface area contributed by atoms with Crippen molar-refractivity contribution in [1.29, 1.82) is 0 Å². The number of fused-ring (bicyclic) bond motifs is 2. The third-order valence-corrected chi connectivity index (χ3v) is 4.68. The summed E-state index contributed by atoms with van der Waals surface area (Å²) in [6.07, 6.45) is 1.31. The van der Waals surface area contributed by atoms with Crippen molar-refractivity contribution in [3.8, 4) is 5.75 Å². The highest BCUT2D eigenvalue weighted by Crippen LogP contribution is 2.62. The van der Waals surface area contributed by atoms with Gasteiger partial charge in [0.25, 0.3) is 0 Å². The molecule has 0 aromatic heterocycles. The lowest BCUT2D eigenvalue weighted by Gasteiger charge is -2.33. The number of para-hydroxylation sites is 1. The summed E-state index contributed by atoms with van der Waals surface area (Å²) in [5.74, 6) is 2.52. The van der Waals surface area contributed by atoms with Crippen molar-refractivity contribution >= 4 is 0 Å². The van der Waals surface area contributed by atoms with Crippen molar-refractivity contribution in [2.24, 2.45) is 11.8 Å². The molecule has 1 N–H and O–H groups in total. The number of benzene rings is 1. The fraction of sp³-hybridized carbons (Fsp3) is 0.625. The Kier molecular flexibility index (Phi) is 2.86. The second-order valence-electron chi connectivity index (χ2n) is 6.21. The summed E-state index contributed by atoms with van der Waals surface area (Å²) in [5, 5.41) is 3.59. The third kappa shape index (κ3) is 1.74. The lowest BCUT2D eigenvalue weighted by atomic mass is 9.80. The second kappa shape index (κ2) is 4.27. The van der Waals surface area contributed by atoms with E-state index in [9.17, 15) is 0 Å². The van der Waals surface area contributed by atoms with Crippen molar-refractivity contribution in [1.82, 2.24) is 5.32 Å². The van der Waals surface area contributed by atoms with Gasteiger partial charge >= 0.3 is 0 Å². The topological polar surface area (TPSA) is 21.3 Å². The third-order valence-electron chi connectivity index (χ3n) is 4.68. The molecule has 2 heteroatoms. The zero-order valence-electron chi connectivity index (χ0n) is 11.6. The van der Waals surface area contributed by atoms with Crippen LogP contribution in [0.4, 0.5) is 0 Å². The summed E-state index contributed by atoms with van der Waals surface area (Å²) in [4.78, 5) is 0. The zero-order chi connectivity index (χ0) is 12.8. The lowest BCUT2D eigenvalue weighted by Crippen LogP contribution is -2.34. The average molecular weight is 245 g/mol. The molecule has 0 radical (unpaired) electrons. The fourth-order valence-electron chi connectivity index (χ4n) is 3.52. The first-order valence-electron chi connectivity index (χ1n) is 7.10. The van der Waals surface area contributed by atoms with Gasteiger partial charge in [-0.2, -0.15) is 0 Å². The summed E-state index contributed by atoms with van der Waals surface area (Å²) in [5.41, 5.74) is 1.83. The Labute approximate surface area is 110 Å². The molecular weight excluding hydrogens is 222 g/mol. The standard InChI is InChI=1S/C16H23NO/c1-11(2)17-9-13-8-16(13)12(3)10-18-15-7-5-4-6-14(15)16/h4-7,11-13,17H,8-10H2,1-3H3. The predicted molar refractivity (Wildman–Crippen MR) is 74.0 cm³/mol. The molecule has 0 saturated heterocycles. The Balaban J connectivity index is 1.84. The average Bonchev–Trinajstić information content (AvgIpc) is 3.08. The number of nitrogens with one attached hydrogen (secondary N) is 1. The number of rotatable bonds is 3. The Bertz CT molecular complexity index is 442. The van der Waals surface area contributed by atoms with Crippen LogP contribution in [-0.4, -0.2) is 19.2 Å². The normalized spacial score (nSPS) is 33.3. The molecule has 0 amide bonds. The minimum Gasteiger partial charge on any atom is -0.493 e. The molecule has 2 aliphatic rings. The van der Waals surface area contributed by atoms with Crippen molar-refractivity contribution in [3.05, 3.63) is 29.8 Å². The van der Waals surface area contributed by atoms with Crippen LogP contribution in [0.15, 0.2) is 24.3 Å². The van der Waals surface area contributed by atoms with E-state index in [4.69, 9.17) is 4.74 Å². The molecule has 1 saturated carbocycles. The largest absolute Gasteiger partial charge is 0.493 e. The van der Waals surface area contributed by atoms with Crippen LogP contribution in [0.3, 0.4) is 0 Å². The van der Waals surface area contributed by atoms with E-state index in [0.29, 0.717) is 17.4 Å². The van der Waals surface area contributed by atoms with E-state index in [2.05, 4.69) is 50.4 Å². The molecule has 3 atom stereocenters. The van der Waals surface area contributed by atoms with E-state index in [0.717, 1.165) is 24.8 Å². The number of ether oxygens (including phenoxy) is 1. The zero-order valence-corrected chi connectivity index (χ0v) is 11.6. The molecule has 1 fully saturated rings. The minimum absolute atomic E-state index is 0.386. The van der Waals surface area contributed by atoms with E-state index in [1.165, 1.54) is 12.0 Å². The van der Waals surface area contributed by atoms with Gasteiger partial charge in [-0.05, 0) is 24.9 Å². The van der Waals surface area contributed by atoms with Gasteiger partial charge < -0.3 is 10.1 Å². The van der Waals surface area contributed by atoms with Crippen LogP contribution in [0.1, 0.15) is 32.8 Å². The highest BCUT2D eigenvalue weighted by atomic mass is 16.5. The maximum Gasteiger partial charge on any atom is 0.123 e. The van der Waals surface area contributed by atoms with Crippen LogP contribution in [0.5, 0.6) is 5.75 Å². The first-order valence-corrected chi connectivity index (χ1v) is 7.10. The quantitative estimate of drug-likeness (QED) is 0.884. The molecule has 98 valence electrons. The second-order valence-corrected chi connectivity index (χ2v) is 6.21. The van der Waals surface area contributed by atoms with Gasteiger partial charge in [-0.25, -0.2) is 0 Å². The molecule has 1 aliphatic carbocycles. The lowest BCUT2D eigenvalue weighted by molar-refractivity contribution is 0.186. The highest BCUT2D eigenvalue weighted by Gasteiger charge is 2.60. The van der Waals surface area contributed by atoms with Gasteiger partial charge in [0.1, 0.15) is 5.75 Å². The Hall–Kier alpha value is -1.02. The molecule has 1 aromatic carbocycles. The molecule has 3 unspecified atom stereocenters. The fourth-order valence-corrected chi connectivity index (χ4v) is 3.52. The summed E-state index contributed by atoms with van der Waals surface area (Å²) in [7, 11) is 0. The van der Waals surface area contributed by atoms with Crippen molar-refractivity contribution < 1.29 is 4.74 Å². The number of hydrogen-bond acceptors (Lipinski definition) is 2. The molecule has 0 bridgehead atoms. The smallest absolute Gasteiger partial charge is 0.123 e. The van der Waals surface area contributed by atoms with Crippen molar-refractivity contribution in [3.63, 3.8) is 0 Å². The molecule has 1 heterocycles. The van der Waals surface area contributed by atoms with Gasteiger partial charge in [0.05, 0.1) is 6.61 Å². The summed E-state index contributed by atoms with van der Waals surface area (Å²) in [6, 6.07) is 9.18. The Morgan fingerprint density at radius 2 is 2.17 bits per heavy atom. The van der Waals surface area contributed by atoms with E-state index >= 15 is 0 Å². The molecule has 18 heavy (non-hydrogen) atoms. The monoisotopic (exact) mass is 245 g/mol. The molecule has 1 spiro atoms. The molecule has 1 aliphatic heterocycles. The maximum absolute atomic E-state index is 5.86. The highest BCUT2D eigenvalue weighted by molar-refractivity contribution is 5.47. The molecule has 3 rings (SSSR count).